The number of aliphatic hydroxyl groups is 1. The van der Waals surface area contributed by atoms with Gasteiger partial charge in [0, 0.05) is 49.8 Å². The number of hydrogen-bond donors (Lipinski definition) is 3. The first-order valence-corrected chi connectivity index (χ1v) is 15.5. The van der Waals surface area contributed by atoms with Crippen molar-refractivity contribution >= 4 is 35.0 Å². The molecule has 4 aliphatic rings. The highest BCUT2D eigenvalue weighted by atomic mass is 16.5. The third-order valence-corrected chi connectivity index (χ3v) is 9.40. The van der Waals surface area contributed by atoms with Crippen molar-refractivity contribution in [1.82, 2.24) is 20.2 Å². The summed E-state index contributed by atoms with van der Waals surface area (Å²) in [5.41, 5.74) is 2.81. The van der Waals surface area contributed by atoms with Crippen molar-refractivity contribution in [2.45, 2.75) is 89.4 Å². The van der Waals surface area contributed by atoms with Crippen molar-refractivity contribution in [3.05, 3.63) is 29.5 Å². The van der Waals surface area contributed by atoms with E-state index in [1.807, 2.05) is 6.07 Å². The number of amides is 2. The van der Waals surface area contributed by atoms with Crippen LogP contribution in [0.2, 0.25) is 0 Å². The van der Waals surface area contributed by atoms with E-state index in [4.69, 9.17) is 9.72 Å². The average Bonchev–Trinajstić information content (AvgIpc) is 3.77. The Labute approximate surface area is 247 Å². The smallest absolute Gasteiger partial charge is 0.251 e. The predicted molar refractivity (Wildman–Crippen MR) is 162 cm³/mol. The van der Waals surface area contributed by atoms with Gasteiger partial charge in [-0.2, -0.15) is 4.98 Å². The second-order valence-corrected chi connectivity index (χ2v) is 12.1. The van der Waals surface area contributed by atoms with E-state index in [1.165, 1.54) is 0 Å². The van der Waals surface area contributed by atoms with E-state index in [2.05, 4.69) is 39.3 Å². The average molecular weight is 578 g/mol. The number of rotatable bonds is 9. The van der Waals surface area contributed by atoms with E-state index in [0.717, 1.165) is 62.1 Å². The molecule has 1 saturated carbocycles. The summed E-state index contributed by atoms with van der Waals surface area (Å²) in [6, 6.07) is 4.14. The number of benzene rings is 1. The number of hydrogen-bond acceptors (Lipinski definition) is 9. The molecule has 0 radical (unpaired) electrons. The number of carbonyl (C=O) groups excluding carboxylic acids is 2. The number of ether oxygens (including phenoxy) is 1. The largest absolute Gasteiger partial charge is 0.491 e. The van der Waals surface area contributed by atoms with Crippen molar-refractivity contribution in [3.63, 3.8) is 0 Å². The Kier molecular flexibility index (Phi) is 8.22. The van der Waals surface area contributed by atoms with Gasteiger partial charge in [-0.05, 0) is 57.7 Å². The first kappa shape index (κ1) is 28.7. The number of aromatic nitrogens is 2. The molecule has 11 nitrogen and oxygen atoms in total. The lowest BCUT2D eigenvalue weighted by Crippen LogP contribution is -2.55. The van der Waals surface area contributed by atoms with Crippen LogP contribution in [0.15, 0.2) is 18.3 Å². The van der Waals surface area contributed by atoms with Crippen molar-refractivity contribution in [2.24, 2.45) is 0 Å². The first-order valence-electron chi connectivity index (χ1n) is 15.5. The van der Waals surface area contributed by atoms with Crippen LogP contribution < -0.4 is 25.2 Å². The summed E-state index contributed by atoms with van der Waals surface area (Å²) in [6.45, 7) is 6.47. The molecule has 3 atom stereocenters. The van der Waals surface area contributed by atoms with Gasteiger partial charge < -0.3 is 30.3 Å². The SMILES string of the molecule is CC[C@@H]1C(=O)N(C)c2cnc(Nc3ccc(C(=O)NC[C@@H](O)CN4CCC[C@@H]4C)c4c3OCC4)nc2N1C1CCCC1. The zero-order valence-corrected chi connectivity index (χ0v) is 24.9. The molecule has 2 amide bonds. The summed E-state index contributed by atoms with van der Waals surface area (Å²) in [6.07, 6.45) is 9.16. The molecule has 6 rings (SSSR count). The summed E-state index contributed by atoms with van der Waals surface area (Å²) < 4.78 is 5.98. The molecule has 2 fully saturated rings. The summed E-state index contributed by atoms with van der Waals surface area (Å²) in [4.78, 5) is 42.0. The Hall–Kier alpha value is -3.44. The molecule has 0 unspecified atom stereocenters. The molecule has 2 aromatic rings. The lowest BCUT2D eigenvalue weighted by molar-refractivity contribution is -0.120. The lowest BCUT2D eigenvalue weighted by Gasteiger charge is -2.43. The van der Waals surface area contributed by atoms with Crippen molar-refractivity contribution in [2.75, 3.05) is 48.4 Å². The van der Waals surface area contributed by atoms with E-state index in [0.29, 0.717) is 55.0 Å². The molecule has 0 bridgehead atoms. The van der Waals surface area contributed by atoms with Gasteiger partial charge >= 0.3 is 0 Å². The summed E-state index contributed by atoms with van der Waals surface area (Å²) in [7, 11) is 1.79. The van der Waals surface area contributed by atoms with Crippen LogP contribution in [0, 0.1) is 0 Å². The van der Waals surface area contributed by atoms with Gasteiger partial charge in [-0.15, -0.1) is 0 Å². The fourth-order valence-corrected chi connectivity index (χ4v) is 7.08. The Morgan fingerprint density at radius 2 is 2.02 bits per heavy atom. The zero-order valence-electron chi connectivity index (χ0n) is 24.9. The van der Waals surface area contributed by atoms with Crippen LogP contribution >= 0.6 is 0 Å². The topological polar surface area (TPSA) is 123 Å². The van der Waals surface area contributed by atoms with Crippen molar-refractivity contribution < 1.29 is 19.4 Å². The van der Waals surface area contributed by atoms with E-state index < -0.39 is 6.10 Å². The Morgan fingerprint density at radius 3 is 2.76 bits per heavy atom. The molecule has 1 aromatic heterocycles. The van der Waals surface area contributed by atoms with E-state index >= 15 is 0 Å². The minimum Gasteiger partial charge on any atom is -0.491 e. The van der Waals surface area contributed by atoms with Crippen LogP contribution in [0.4, 0.5) is 23.1 Å². The van der Waals surface area contributed by atoms with Crippen LogP contribution in [0.1, 0.15) is 74.7 Å². The van der Waals surface area contributed by atoms with Crippen LogP contribution in [0.5, 0.6) is 5.75 Å². The minimum atomic E-state index is -0.619. The molecule has 11 heteroatoms. The summed E-state index contributed by atoms with van der Waals surface area (Å²) in [5, 5.41) is 16.8. The molecule has 0 spiro atoms. The molecule has 42 heavy (non-hydrogen) atoms. The molecule has 1 saturated heterocycles. The maximum Gasteiger partial charge on any atom is 0.251 e. The Bertz CT molecular complexity index is 1330. The van der Waals surface area contributed by atoms with Gasteiger partial charge in [0.15, 0.2) is 5.82 Å². The quantitative estimate of drug-likeness (QED) is 0.412. The molecular formula is C31H43N7O4. The van der Waals surface area contributed by atoms with Gasteiger partial charge in [0.2, 0.25) is 11.9 Å². The normalized spacial score (nSPS) is 23.1. The van der Waals surface area contributed by atoms with Gasteiger partial charge in [-0.1, -0.05) is 19.8 Å². The molecule has 1 aromatic carbocycles. The highest BCUT2D eigenvalue weighted by Crippen LogP contribution is 2.41. The van der Waals surface area contributed by atoms with Gasteiger partial charge in [0.05, 0.1) is 24.6 Å². The molecule has 3 N–H and O–H groups in total. The number of likely N-dealkylation sites (N-methyl/N-ethyl adjacent to an activating group) is 1. The molecule has 4 heterocycles. The third kappa shape index (κ3) is 5.40. The predicted octanol–water partition coefficient (Wildman–Crippen LogP) is 3.23. The van der Waals surface area contributed by atoms with Gasteiger partial charge in [-0.25, -0.2) is 4.98 Å². The Morgan fingerprint density at radius 1 is 1.21 bits per heavy atom. The van der Waals surface area contributed by atoms with E-state index in [9.17, 15) is 14.7 Å². The minimum absolute atomic E-state index is 0.0828. The molecular weight excluding hydrogens is 534 g/mol. The number of nitrogens with one attached hydrogen (secondary N) is 2. The Balaban J connectivity index is 1.20. The number of fused-ring (bicyclic) bond motifs is 2. The van der Waals surface area contributed by atoms with Crippen LogP contribution in [0.3, 0.4) is 0 Å². The molecule has 3 aliphatic heterocycles. The highest BCUT2D eigenvalue weighted by Gasteiger charge is 2.41. The number of nitrogens with zero attached hydrogens (tertiary/aromatic N) is 5. The maximum atomic E-state index is 13.2. The van der Waals surface area contributed by atoms with Crippen molar-refractivity contribution in [1.29, 1.82) is 0 Å². The third-order valence-electron chi connectivity index (χ3n) is 9.40. The van der Waals surface area contributed by atoms with Crippen LogP contribution in [-0.2, 0) is 11.2 Å². The van der Waals surface area contributed by atoms with E-state index in [-0.39, 0.29) is 30.4 Å². The number of anilines is 4. The standard InChI is InChI=1S/C31H43N7O4/c1-4-25-30(41)36(3)26-17-33-31(35-28(26)38(25)20-9-5-6-10-20)34-24-12-11-23(22-13-15-42-27(22)24)29(40)32-16-21(39)18-37-14-7-8-19(37)2/h11-12,17,19-21,25,39H,4-10,13-16,18H2,1-3H3,(H,32,40)(H,33,34,35)/t19-,21+,25+/m0/s1. The van der Waals surface area contributed by atoms with Crippen LogP contribution in [-0.4, -0.2) is 89.3 Å². The number of carbonyl (C=O) groups is 2. The number of aliphatic hydroxyl groups excluding tert-OH is 1. The summed E-state index contributed by atoms with van der Waals surface area (Å²) >= 11 is 0. The first-order chi connectivity index (χ1) is 20.4. The lowest BCUT2D eigenvalue weighted by atomic mass is 10.0. The summed E-state index contributed by atoms with van der Waals surface area (Å²) in [5.74, 6) is 1.70. The number of β-amino-alcohol motifs (C(OH)–C–C–N with tert-alkyl or cyclic N) is 1. The highest BCUT2D eigenvalue weighted by molar-refractivity contribution is 6.04. The monoisotopic (exact) mass is 577 g/mol. The fourth-order valence-electron chi connectivity index (χ4n) is 7.08. The second-order valence-electron chi connectivity index (χ2n) is 12.1. The fraction of sp³-hybridized carbons (Fsp3) is 0.613. The van der Waals surface area contributed by atoms with Gasteiger partial charge in [0.1, 0.15) is 17.5 Å². The maximum absolute atomic E-state index is 13.2. The molecule has 226 valence electrons. The zero-order chi connectivity index (χ0) is 29.4. The van der Waals surface area contributed by atoms with Crippen molar-refractivity contribution in [3.8, 4) is 5.75 Å². The van der Waals surface area contributed by atoms with E-state index in [1.54, 1.807) is 24.2 Å². The second kappa shape index (κ2) is 12.0. The molecule has 1 aliphatic carbocycles. The van der Waals surface area contributed by atoms with Gasteiger partial charge in [-0.3, -0.25) is 14.5 Å². The van der Waals surface area contributed by atoms with Crippen LogP contribution in [0.25, 0.3) is 0 Å². The number of likely N-dealkylation sites (tertiary alicyclic amines) is 1. The van der Waals surface area contributed by atoms with Gasteiger partial charge in [0.25, 0.3) is 5.91 Å².